The lowest BCUT2D eigenvalue weighted by atomic mass is 10.1. The van der Waals surface area contributed by atoms with Crippen LogP contribution in [0.2, 0.25) is 0 Å². The van der Waals surface area contributed by atoms with Gasteiger partial charge in [0.2, 0.25) is 0 Å². The lowest BCUT2D eigenvalue weighted by Gasteiger charge is -2.27. The molecule has 0 spiro atoms. The summed E-state index contributed by atoms with van der Waals surface area (Å²) in [6.45, 7) is 1.22. The van der Waals surface area contributed by atoms with Crippen LogP contribution >= 0.6 is 12.2 Å². The molecule has 0 heterocycles. The van der Waals surface area contributed by atoms with Crippen molar-refractivity contribution < 1.29 is 18.9 Å². The van der Waals surface area contributed by atoms with E-state index in [-0.39, 0.29) is 0 Å². The average molecular weight is 453 g/mol. The predicted molar refractivity (Wildman–Crippen MR) is 131 cm³/mol. The van der Waals surface area contributed by atoms with Crippen molar-refractivity contribution >= 4 is 23.0 Å². The molecule has 0 saturated heterocycles. The topological polar surface area (TPSA) is 52.2 Å². The monoisotopic (exact) mass is 452 g/mol. The Morgan fingerprint density at radius 3 is 1.78 bits per heavy atom. The molecule has 0 radical (unpaired) electrons. The number of thiocarbonyl (C=S) groups is 1. The van der Waals surface area contributed by atoms with Gasteiger partial charge in [0.25, 0.3) is 0 Å². The van der Waals surface area contributed by atoms with Gasteiger partial charge in [0.1, 0.15) is 11.5 Å². The molecule has 0 aromatic heterocycles. The zero-order chi connectivity index (χ0) is 22.9. The first-order chi connectivity index (χ1) is 15.6. The van der Waals surface area contributed by atoms with Gasteiger partial charge < -0.3 is 29.2 Å². The number of ether oxygens (including phenoxy) is 4. The highest BCUT2D eigenvalue weighted by molar-refractivity contribution is 7.80. The maximum Gasteiger partial charge on any atom is 0.174 e. The molecule has 0 atom stereocenters. The summed E-state index contributed by atoms with van der Waals surface area (Å²) in [5.74, 6) is 2.99. The Bertz CT molecular complexity index is 1020. The molecule has 0 aliphatic rings. The molecule has 0 amide bonds. The van der Waals surface area contributed by atoms with Crippen molar-refractivity contribution in [3.8, 4) is 23.0 Å². The zero-order valence-electron chi connectivity index (χ0n) is 18.8. The van der Waals surface area contributed by atoms with Gasteiger partial charge in [0.15, 0.2) is 16.6 Å². The molecular weight excluding hydrogens is 424 g/mol. The largest absolute Gasteiger partial charge is 0.497 e. The number of anilines is 1. The van der Waals surface area contributed by atoms with E-state index in [0.29, 0.717) is 29.7 Å². The fourth-order valence-electron chi connectivity index (χ4n) is 3.23. The van der Waals surface area contributed by atoms with Gasteiger partial charge in [-0.3, -0.25) is 0 Å². The van der Waals surface area contributed by atoms with E-state index in [2.05, 4.69) is 10.2 Å². The van der Waals surface area contributed by atoms with E-state index in [4.69, 9.17) is 31.2 Å². The molecule has 0 bridgehead atoms. The van der Waals surface area contributed by atoms with E-state index in [1.165, 1.54) is 0 Å². The fourth-order valence-corrected chi connectivity index (χ4v) is 3.47. The van der Waals surface area contributed by atoms with Crippen molar-refractivity contribution in [1.29, 1.82) is 0 Å². The summed E-state index contributed by atoms with van der Waals surface area (Å²) < 4.78 is 21.3. The Labute approximate surface area is 194 Å². The van der Waals surface area contributed by atoms with Crippen LogP contribution in [0.25, 0.3) is 0 Å². The van der Waals surface area contributed by atoms with Crippen LogP contribution in [0.1, 0.15) is 11.1 Å². The van der Waals surface area contributed by atoms with Crippen molar-refractivity contribution in [2.45, 2.75) is 13.1 Å². The van der Waals surface area contributed by atoms with Crippen molar-refractivity contribution in [2.24, 2.45) is 0 Å². The lowest BCUT2D eigenvalue weighted by Crippen LogP contribution is -2.33. The SMILES string of the molecule is COc1ccc(CN(Cc2ccc(OC)c(OC)c2)C(=S)Nc2ccc(OC)cc2)cc1. The first-order valence-corrected chi connectivity index (χ1v) is 10.5. The van der Waals surface area contributed by atoms with Gasteiger partial charge in [0.05, 0.1) is 28.4 Å². The van der Waals surface area contributed by atoms with E-state index in [0.717, 1.165) is 28.3 Å². The van der Waals surface area contributed by atoms with Crippen LogP contribution in [-0.2, 0) is 13.1 Å². The smallest absolute Gasteiger partial charge is 0.174 e. The summed E-state index contributed by atoms with van der Waals surface area (Å²) in [4.78, 5) is 2.10. The highest BCUT2D eigenvalue weighted by Crippen LogP contribution is 2.28. The summed E-state index contributed by atoms with van der Waals surface area (Å²) in [5, 5.41) is 3.94. The van der Waals surface area contributed by atoms with E-state index in [9.17, 15) is 0 Å². The Hall–Kier alpha value is -3.45. The van der Waals surface area contributed by atoms with Gasteiger partial charge in [-0.25, -0.2) is 0 Å². The van der Waals surface area contributed by atoms with E-state index < -0.39 is 0 Å². The summed E-state index contributed by atoms with van der Waals surface area (Å²) in [7, 11) is 6.56. The zero-order valence-corrected chi connectivity index (χ0v) is 19.6. The quantitative estimate of drug-likeness (QED) is 0.452. The molecule has 3 aromatic rings. The van der Waals surface area contributed by atoms with Crippen molar-refractivity contribution in [1.82, 2.24) is 4.90 Å². The van der Waals surface area contributed by atoms with E-state index >= 15 is 0 Å². The second-order valence-corrected chi connectivity index (χ2v) is 7.44. The van der Waals surface area contributed by atoms with Crippen molar-refractivity contribution in [3.63, 3.8) is 0 Å². The van der Waals surface area contributed by atoms with Crippen LogP contribution < -0.4 is 24.3 Å². The molecule has 32 heavy (non-hydrogen) atoms. The molecule has 7 heteroatoms. The predicted octanol–water partition coefficient (Wildman–Crippen LogP) is 5.12. The van der Waals surface area contributed by atoms with Gasteiger partial charge in [-0.2, -0.15) is 0 Å². The minimum Gasteiger partial charge on any atom is -0.497 e. The number of nitrogens with zero attached hydrogens (tertiary/aromatic N) is 1. The van der Waals surface area contributed by atoms with Crippen molar-refractivity contribution in [3.05, 3.63) is 77.9 Å². The van der Waals surface area contributed by atoms with Gasteiger partial charge in [-0.05, 0) is 71.9 Å². The van der Waals surface area contributed by atoms with Gasteiger partial charge >= 0.3 is 0 Å². The maximum absolute atomic E-state index is 5.78. The van der Waals surface area contributed by atoms with E-state index in [1.807, 2.05) is 66.7 Å². The summed E-state index contributed by atoms with van der Waals surface area (Å²) in [5.41, 5.74) is 3.06. The number of nitrogens with one attached hydrogen (secondary N) is 1. The van der Waals surface area contributed by atoms with Crippen LogP contribution in [0.4, 0.5) is 5.69 Å². The average Bonchev–Trinajstić information content (AvgIpc) is 2.84. The molecule has 0 fully saturated rings. The first-order valence-electron chi connectivity index (χ1n) is 10.1. The molecule has 0 saturated carbocycles. The third-order valence-electron chi connectivity index (χ3n) is 4.98. The Morgan fingerprint density at radius 2 is 1.22 bits per heavy atom. The number of benzene rings is 3. The fraction of sp³-hybridized carbons (Fsp3) is 0.240. The van der Waals surface area contributed by atoms with Crippen molar-refractivity contribution in [2.75, 3.05) is 33.8 Å². The maximum atomic E-state index is 5.78. The second kappa shape index (κ2) is 11.2. The first kappa shape index (κ1) is 23.2. The van der Waals surface area contributed by atoms with Crippen LogP contribution in [0.3, 0.4) is 0 Å². The molecule has 0 aliphatic carbocycles. The molecule has 3 aromatic carbocycles. The second-order valence-electron chi connectivity index (χ2n) is 7.05. The standard InChI is InChI=1S/C25H28N2O4S/c1-28-21-10-5-18(6-11-21)16-27(17-19-7-14-23(30-3)24(15-19)31-4)25(32)26-20-8-12-22(29-2)13-9-20/h5-15H,16-17H2,1-4H3,(H,26,32). The molecule has 6 nitrogen and oxygen atoms in total. The Balaban J connectivity index is 1.82. The number of methoxy groups -OCH3 is 4. The lowest BCUT2D eigenvalue weighted by molar-refractivity contribution is 0.352. The summed E-state index contributed by atoms with van der Waals surface area (Å²) in [6.07, 6.45) is 0. The Morgan fingerprint density at radius 1 is 0.688 bits per heavy atom. The number of rotatable bonds is 9. The van der Waals surface area contributed by atoms with Crippen LogP contribution in [-0.4, -0.2) is 38.5 Å². The van der Waals surface area contributed by atoms with Crippen LogP contribution in [0.15, 0.2) is 66.7 Å². The third kappa shape index (κ3) is 6.04. The highest BCUT2D eigenvalue weighted by Gasteiger charge is 2.14. The molecule has 0 aliphatic heterocycles. The molecule has 3 rings (SSSR count). The molecule has 0 unspecified atom stereocenters. The van der Waals surface area contributed by atoms with Gasteiger partial charge in [0, 0.05) is 18.8 Å². The van der Waals surface area contributed by atoms with Crippen LogP contribution in [0, 0.1) is 0 Å². The number of hydrogen-bond acceptors (Lipinski definition) is 5. The molecule has 168 valence electrons. The normalized spacial score (nSPS) is 10.2. The van der Waals surface area contributed by atoms with E-state index in [1.54, 1.807) is 28.4 Å². The molecule has 1 N–H and O–H groups in total. The Kier molecular flexibility index (Phi) is 8.16. The van der Waals surface area contributed by atoms with Crippen LogP contribution in [0.5, 0.6) is 23.0 Å². The third-order valence-corrected chi connectivity index (χ3v) is 5.34. The highest BCUT2D eigenvalue weighted by atomic mass is 32.1. The van der Waals surface area contributed by atoms with Gasteiger partial charge in [-0.15, -0.1) is 0 Å². The summed E-state index contributed by atoms with van der Waals surface area (Å²) >= 11 is 5.78. The number of hydrogen-bond donors (Lipinski definition) is 1. The summed E-state index contributed by atoms with van der Waals surface area (Å²) in [6, 6.07) is 21.5. The minimum absolute atomic E-state index is 0.592. The minimum atomic E-state index is 0.592. The molecular formula is C25H28N2O4S. The van der Waals surface area contributed by atoms with Gasteiger partial charge in [-0.1, -0.05) is 18.2 Å².